The molecule has 0 aliphatic heterocycles. The number of benzene rings is 1. The first-order chi connectivity index (χ1) is 9.08. The van der Waals surface area contributed by atoms with Gasteiger partial charge in [0.2, 0.25) is 6.04 Å². The number of carbonyl (C=O) groups is 2. The third kappa shape index (κ3) is 4.90. The van der Waals surface area contributed by atoms with Crippen molar-refractivity contribution in [3.05, 3.63) is 28.7 Å². The lowest BCUT2D eigenvalue weighted by Gasteiger charge is -2.17. The standard InChI is InChI=1S/C13H16BrNO4/c1-3-18-12(16)11(13(17)19-4-2)15-10-7-5-6-9(14)8-10/h5-8,11,15H,3-4H2,1-2H3. The predicted molar refractivity (Wildman–Crippen MR) is 74.8 cm³/mol. The normalized spacial score (nSPS) is 10.1. The Kier molecular flexibility index (Phi) is 6.35. The van der Waals surface area contributed by atoms with E-state index in [4.69, 9.17) is 9.47 Å². The van der Waals surface area contributed by atoms with Crippen molar-refractivity contribution in [3.63, 3.8) is 0 Å². The molecule has 0 saturated heterocycles. The molecule has 0 amide bonds. The number of rotatable bonds is 6. The van der Waals surface area contributed by atoms with Gasteiger partial charge in [0, 0.05) is 10.2 Å². The van der Waals surface area contributed by atoms with E-state index in [1.54, 1.807) is 32.0 Å². The highest BCUT2D eigenvalue weighted by Crippen LogP contribution is 2.17. The molecule has 6 heteroatoms. The fourth-order valence-electron chi connectivity index (χ4n) is 1.41. The summed E-state index contributed by atoms with van der Waals surface area (Å²) in [6, 6.07) is 5.98. The van der Waals surface area contributed by atoms with E-state index in [1.165, 1.54) is 0 Å². The van der Waals surface area contributed by atoms with E-state index >= 15 is 0 Å². The van der Waals surface area contributed by atoms with Crippen molar-refractivity contribution >= 4 is 33.6 Å². The molecule has 0 aliphatic rings. The van der Waals surface area contributed by atoms with Gasteiger partial charge in [0.25, 0.3) is 0 Å². The van der Waals surface area contributed by atoms with Crippen LogP contribution in [0.15, 0.2) is 28.7 Å². The molecular formula is C13H16BrNO4. The number of ether oxygens (including phenoxy) is 2. The molecule has 0 atom stereocenters. The maximum absolute atomic E-state index is 11.8. The SMILES string of the molecule is CCOC(=O)C(Nc1cccc(Br)c1)C(=O)OCC. The molecule has 0 heterocycles. The van der Waals surface area contributed by atoms with Crippen molar-refractivity contribution in [2.45, 2.75) is 19.9 Å². The van der Waals surface area contributed by atoms with Crippen LogP contribution in [-0.2, 0) is 19.1 Å². The van der Waals surface area contributed by atoms with Gasteiger partial charge in [0.05, 0.1) is 13.2 Å². The van der Waals surface area contributed by atoms with Crippen molar-refractivity contribution in [2.24, 2.45) is 0 Å². The number of carbonyl (C=O) groups excluding carboxylic acids is 2. The van der Waals surface area contributed by atoms with Crippen LogP contribution < -0.4 is 5.32 Å². The van der Waals surface area contributed by atoms with Crippen LogP contribution in [0.1, 0.15) is 13.8 Å². The molecular weight excluding hydrogens is 314 g/mol. The Morgan fingerprint density at radius 3 is 2.26 bits per heavy atom. The molecule has 0 saturated carbocycles. The van der Waals surface area contributed by atoms with Crippen LogP contribution in [0.3, 0.4) is 0 Å². The lowest BCUT2D eigenvalue weighted by molar-refractivity contribution is -0.155. The molecule has 0 spiro atoms. The van der Waals surface area contributed by atoms with Gasteiger partial charge in [-0.05, 0) is 32.0 Å². The summed E-state index contributed by atoms with van der Waals surface area (Å²) in [5.74, 6) is -1.30. The fourth-order valence-corrected chi connectivity index (χ4v) is 1.81. The molecule has 0 bridgehead atoms. The molecule has 1 rings (SSSR count). The van der Waals surface area contributed by atoms with Crippen LogP contribution in [-0.4, -0.2) is 31.2 Å². The molecule has 0 radical (unpaired) electrons. The second-order valence-electron chi connectivity index (χ2n) is 3.59. The number of hydrogen-bond acceptors (Lipinski definition) is 5. The average Bonchev–Trinajstić information content (AvgIpc) is 2.36. The van der Waals surface area contributed by atoms with E-state index in [1.807, 2.05) is 6.07 Å². The van der Waals surface area contributed by atoms with Gasteiger partial charge < -0.3 is 14.8 Å². The molecule has 104 valence electrons. The van der Waals surface area contributed by atoms with Gasteiger partial charge in [-0.3, -0.25) is 0 Å². The van der Waals surface area contributed by atoms with Crippen molar-refractivity contribution in [1.82, 2.24) is 0 Å². The Bertz CT molecular complexity index is 432. The van der Waals surface area contributed by atoms with Gasteiger partial charge in [-0.1, -0.05) is 22.0 Å². The zero-order chi connectivity index (χ0) is 14.3. The predicted octanol–water partition coefficient (Wildman–Crippen LogP) is 2.36. The summed E-state index contributed by atoms with van der Waals surface area (Å²) < 4.78 is 10.6. The summed E-state index contributed by atoms with van der Waals surface area (Å²) in [7, 11) is 0. The van der Waals surface area contributed by atoms with Gasteiger partial charge in [-0.2, -0.15) is 0 Å². The first-order valence-corrected chi connectivity index (χ1v) is 6.73. The van der Waals surface area contributed by atoms with Gasteiger partial charge in [-0.25, -0.2) is 9.59 Å². The number of hydrogen-bond donors (Lipinski definition) is 1. The minimum absolute atomic E-state index is 0.203. The van der Waals surface area contributed by atoms with E-state index in [-0.39, 0.29) is 13.2 Å². The molecule has 0 aromatic heterocycles. The quantitative estimate of drug-likeness (QED) is 0.641. The van der Waals surface area contributed by atoms with Crippen molar-refractivity contribution in [1.29, 1.82) is 0 Å². The Hall–Kier alpha value is -1.56. The summed E-state index contributed by atoms with van der Waals surface area (Å²) in [6.45, 7) is 3.77. The molecule has 5 nitrogen and oxygen atoms in total. The minimum atomic E-state index is -1.16. The minimum Gasteiger partial charge on any atom is -0.464 e. The van der Waals surface area contributed by atoms with E-state index in [0.717, 1.165) is 4.47 Å². The second-order valence-corrected chi connectivity index (χ2v) is 4.51. The third-order valence-electron chi connectivity index (χ3n) is 2.18. The molecule has 1 aromatic rings. The maximum atomic E-state index is 11.8. The van der Waals surface area contributed by atoms with Gasteiger partial charge in [-0.15, -0.1) is 0 Å². The van der Waals surface area contributed by atoms with E-state index in [9.17, 15) is 9.59 Å². The topological polar surface area (TPSA) is 64.6 Å². The third-order valence-corrected chi connectivity index (χ3v) is 2.67. The lowest BCUT2D eigenvalue weighted by atomic mass is 10.2. The van der Waals surface area contributed by atoms with Crippen LogP contribution >= 0.6 is 15.9 Å². The largest absolute Gasteiger partial charge is 0.464 e. The molecule has 0 aliphatic carbocycles. The summed E-state index contributed by atoms with van der Waals surface area (Å²) in [6.07, 6.45) is 0. The lowest BCUT2D eigenvalue weighted by Crippen LogP contribution is -2.40. The molecule has 1 aromatic carbocycles. The Balaban J connectivity index is 2.84. The molecule has 0 fully saturated rings. The Morgan fingerprint density at radius 2 is 1.79 bits per heavy atom. The van der Waals surface area contributed by atoms with Gasteiger partial charge in [0.1, 0.15) is 0 Å². The second kappa shape index (κ2) is 7.78. The van der Waals surface area contributed by atoms with Crippen LogP contribution in [0.4, 0.5) is 5.69 Å². The van der Waals surface area contributed by atoms with Crippen LogP contribution in [0.2, 0.25) is 0 Å². The van der Waals surface area contributed by atoms with Crippen molar-refractivity contribution in [2.75, 3.05) is 18.5 Å². The Labute approximate surface area is 120 Å². The number of esters is 2. The monoisotopic (exact) mass is 329 g/mol. The molecule has 19 heavy (non-hydrogen) atoms. The zero-order valence-electron chi connectivity index (χ0n) is 10.8. The highest BCUT2D eigenvalue weighted by molar-refractivity contribution is 9.10. The Morgan fingerprint density at radius 1 is 1.21 bits per heavy atom. The summed E-state index contributed by atoms with van der Waals surface area (Å²) in [5, 5.41) is 2.81. The van der Waals surface area contributed by atoms with Crippen molar-refractivity contribution < 1.29 is 19.1 Å². The van der Waals surface area contributed by atoms with E-state index < -0.39 is 18.0 Å². The highest BCUT2D eigenvalue weighted by atomic mass is 79.9. The summed E-state index contributed by atoms with van der Waals surface area (Å²) in [4.78, 5) is 23.5. The zero-order valence-corrected chi connectivity index (χ0v) is 12.4. The molecule has 0 unspecified atom stereocenters. The van der Waals surface area contributed by atoms with E-state index in [0.29, 0.717) is 5.69 Å². The average molecular weight is 330 g/mol. The number of anilines is 1. The fraction of sp³-hybridized carbons (Fsp3) is 0.385. The molecule has 1 N–H and O–H groups in total. The van der Waals surface area contributed by atoms with Crippen LogP contribution in [0.5, 0.6) is 0 Å². The van der Waals surface area contributed by atoms with Crippen LogP contribution in [0.25, 0.3) is 0 Å². The highest BCUT2D eigenvalue weighted by Gasteiger charge is 2.29. The van der Waals surface area contributed by atoms with Gasteiger partial charge >= 0.3 is 11.9 Å². The van der Waals surface area contributed by atoms with E-state index in [2.05, 4.69) is 21.2 Å². The summed E-state index contributed by atoms with van der Waals surface area (Å²) >= 11 is 3.32. The smallest absolute Gasteiger partial charge is 0.340 e. The van der Waals surface area contributed by atoms with Crippen molar-refractivity contribution in [3.8, 4) is 0 Å². The maximum Gasteiger partial charge on any atom is 0.340 e. The first-order valence-electron chi connectivity index (χ1n) is 5.93. The van der Waals surface area contributed by atoms with Crippen LogP contribution in [0, 0.1) is 0 Å². The summed E-state index contributed by atoms with van der Waals surface area (Å²) in [5.41, 5.74) is 0.625. The number of halogens is 1. The van der Waals surface area contributed by atoms with Gasteiger partial charge in [0.15, 0.2) is 0 Å². The number of nitrogens with one attached hydrogen (secondary N) is 1. The first kappa shape index (κ1) is 15.5.